The minimum absolute atomic E-state index is 0.579. The Morgan fingerprint density at radius 2 is 2.38 bits per heavy atom. The van der Waals surface area contributed by atoms with Crippen LogP contribution in [0, 0.1) is 0 Å². The molecule has 0 bridgehead atoms. The molecule has 0 spiro atoms. The Hall–Kier alpha value is -1.05. The molecule has 0 aromatic heterocycles. The topological polar surface area (TPSA) is 29.1 Å². The molecule has 8 heavy (non-hydrogen) atoms. The van der Waals surface area contributed by atoms with Crippen LogP contribution in [0.25, 0.3) is 0 Å². The molecule has 0 aliphatic rings. The summed E-state index contributed by atoms with van der Waals surface area (Å²) in [6, 6.07) is 0. The number of nitrogens with one attached hydrogen (secondary N) is 1. The molecule has 0 aliphatic heterocycles. The lowest BCUT2D eigenvalue weighted by Gasteiger charge is -1.84. The Balaban J connectivity index is 3.02. The largest absolute Gasteiger partial charge is 0.355 e. The minimum atomic E-state index is 0.579. The number of allylic oxidation sites excluding steroid dienone is 2. The summed E-state index contributed by atoms with van der Waals surface area (Å²) in [5.74, 6) is 0. The van der Waals surface area contributed by atoms with Crippen LogP contribution in [-0.4, -0.2) is 13.0 Å². The highest BCUT2D eigenvalue weighted by atomic mass is 16.1. The Morgan fingerprint density at radius 1 is 1.62 bits per heavy atom. The lowest BCUT2D eigenvalue weighted by atomic mass is 10.5. The van der Waals surface area contributed by atoms with Crippen LogP contribution in [0.5, 0.6) is 0 Å². The smallest absolute Gasteiger partial charge is 0.207 e. The molecule has 0 saturated heterocycles. The summed E-state index contributed by atoms with van der Waals surface area (Å²) >= 11 is 0. The molecule has 0 heterocycles. The summed E-state index contributed by atoms with van der Waals surface area (Å²) in [7, 11) is 0. The van der Waals surface area contributed by atoms with Crippen LogP contribution < -0.4 is 5.32 Å². The van der Waals surface area contributed by atoms with Gasteiger partial charge in [-0.15, -0.1) is 0 Å². The van der Waals surface area contributed by atoms with Gasteiger partial charge in [0.15, 0.2) is 0 Å². The van der Waals surface area contributed by atoms with E-state index in [2.05, 4.69) is 11.9 Å². The predicted molar refractivity (Wildman–Crippen MR) is 33.4 cm³/mol. The first kappa shape index (κ1) is 6.95. The average molecular weight is 111 g/mol. The van der Waals surface area contributed by atoms with E-state index in [0.717, 1.165) is 0 Å². The van der Waals surface area contributed by atoms with E-state index in [1.54, 1.807) is 18.2 Å². The third-order valence-electron chi connectivity index (χ3n) is 0.591. The number of amides is 1. The van der Waals surface area contributed by atoms with Crippen LogP contribution >= 0.6 is 0 Å². The fourth-order valence-electron chi connectivity index (χ4n) is 0.280. The van der Waals surface area contributed by atoms with E-state index in [0.29, 0.717) is 13.0 Å². The number of carbonyl (C=O) groups excluding carboxylic acids is 1. The standard InChI is InChI=1S/C6H9NO/c1-2-3-4-5-7-6-8/h2-4,6H,1,5H2,(H,7,8). The van der Waals surface area contributed by atoms with Crippen LogP contribution in [0.15, 0.2) is 24.8 Å². The van der Waals surface area contributed by atoms with Gasteiger partial charge >= 0.3 is 0 Å². The molecule has 0 aromatic rings. The van der Waals surface area contributed by atoms with E-state index in [9.17, 15) is 4.79 Å². The van der Waals surface area contributed by atoms with Gasteiger partial charge in [-0.3, -0.25) is 4.79 Å². The summed E-state index contributed by atoms with van der Waals surface area (Å²) < 4.78 is 0. The van der Waals surface area contributed by atoms with Crippen molar-refractivity contribution in [2.75, 3.05) is 6.54 Å². The molecule has 0 atom stereocenters. The molecule has 0 saturated carbocycles. The maximum atomic E-state index is 9.60. The van der Waals surface area contributed by atoms with Crippen LogP contribution in [0.3, 0.4) is 0 Å². The third kappa shape index (κ3) is 4.95. The molecular weight excluding hydrogens is 102 g/mol. The van der Waals surface area contributed by atoms with Crippen LogP contribution in [0.1, 0.15) is 0 Å². The van der Waals surface area contributed by atoms with Gasteiger partial charge in [0.1, 0.15) is 0 Å². The molecule has 2 heteroatoms. The van der Waals surface area contributed by atoms with Gasteiger partial charge in [0, 0.05) is 6.54 Å². The second-order valence-electron chi connectivity index (χ2n) is 1.19. The molecule has 0 aliphatic carbocycles. The van der Waals surface area contributed by atoms with E-state index in [-0.39, 0.29) is 0 Å². The van der Waals surface area contributed by atoms with E-state index in [1.807, 2.05) is 0 Å². The maximum Gasteiger partial charge on any atom is 0.207 e. The lowest BCUT2D eigenvalue weighted by Crippen LogP contribution is -2.08. The van der Waals surface area contributed by atoms with Crippen molar-refractivity contribution in [2.45, 2.75) is 0 Å². The van der Waals surface area contributed by atoms with Gasteiger partial charge in [0.05, 0.1) is 0 Å². The average Bonchev–Trinajstić information content (AvgIpc) is 1.81. The van der Waals surface area contributed by atoms with Crippen molar-refractivity contribution in [3.8, 4) is 0 Å². The molecule has 1 N–H and O–H groups in total. The number of hydrogen-bond acceptors (Lipinski definition) is 1. The predicted octanol–water partition coefficient (Wildman–Crippen LogP) is 0.475. The highest BCUT2D eigenvalue weighted by Crippen LogP contribution is 1.67. The van der Waals surface area contributed by atoms with E-state index >= 15 is 0 Å². The second kappa shape index (κ2) is 5.95. The zero-order valence-corrected chi connectivity index (χ0v) is 4.63. The summed E-state index contributed by atoms with van der Waals surface area (Å²) in [6.45, 7) is 4.03. The molecular formula is C6H9NO. The number of carbonyl (C=O) groups is 1. The first-order chi connectivity index (χ1) is 3.91. The Labute approximate surface area is 48.9 Å². The first-order valence-electron chi connectivity index (χ1n) is 2.36. The molecule has 0 rings (SSSR count). The van der Waals surface area contributed by atoms with Gasteiger partial charge in [-0.1, -0.05) is 24.8 Å². The number of hydrogen-bond donors (Lipinski definition) is 1. The van der Waals surface area contributed by atoms with Gasteiger partial charge < -0.3 is 5.32 Å². The monoisotopic (exact) mass is 111 g/mol. The molecule has 0 radical (unpaired) electrons. The SMILES string of the molecule is C=CC=CCNC=O. The van der Waals surface area contributed by atoms with E-state index in [4.69, 9.17) is 0 Å². The fourth-order valence-corrected chi connectivity index (χ4v) is 0.280. The molecule has 0 fully saturated rings. The van der Waals surface area contributed by atoms with Crippen molar-refractivity contribution >= 4 is 6.41 Å². The first-order valence-corrected chi connectivity index (χ1v) is 2.36. The van der Waals surface area contributed by atoms with Gasteiger partial charge in [-0.2, -0.15) is 0 Å². The Morgan fingerprint density at radius 3 is 2.88 bits per heavy atom. The van der Waals surface area contributed by atoms with Crippen molar-refractivity contribution in [3.05, 3.63) is 24.8 Å². The molecule has 44 valence electrons. The van der Waals surface area contributed by atoms with Gasteiger partial charge in [-0.25, -0.2) is 0 Å². The van der Waals surface area contributed by atoms with E-state index < -0.39 is 0 Å². The highest BCUT2D eigenvalue weighted by Gasteiger charge is 1.67. The van der Waals surface area contributed by atoms with Crippen LogP contribution in [0.2, 0.25) is 0 Å². The van der Waals surface area contributed by atoms with Crippen molar-refractivity contribution < 1.29 is 4.79 Å². The quantitative estimate of drug-likeness (QED) is 0.319. The highest BCUT2D eigenvalue weighted by molar-refractivity contribution is 5.46. The van der Waals surface area contributed by atoms with Crippen LogP contribution in [-0.2, 0) is 4.79 Å². The zero-order chi connectivity index (χ0) is 6.24. The Bertz CT molecular complexity index is 96.7. The Kier molecular flexibility index (Phi) is 5.17. The van der Waals surface area contributed by atoms with Crippen molar-refractivity contribution in [2.24, 2.45) is 0 Å². The lowest BCUT2D eigenvalue weighted by molar-refractivity contribution is -0.109. The summed E-state index contributed by atoms with van der Waals surface area (Å²) in [4.78, 5) is 9.60. The van der Waals surface area contributed by atoms with Gasteiger partial charge in [0.25, 0.3) is 0 Å². The van der Waals surface area contributed by atoms with Crippen molar-refractivity contribution in [1.29, 1.82) is 0 Å². The number of rotatable bonds is 4. The van der Waals surface area contributed by atoms with Crippen LogP contribution in [0.4, 0.5) is 0 Å². The minimum Gasteiger partial charge on any atom is -0.355 e. The summed E-state index contributed by atoms with van der Waals surface area (Å²) in [5, 5.41) is 2.47. The summed E-state index contributed by atoms with van der Waals surface area (Å²) in [6.07, 6.45) is 5.90. The molecule has 2 nitrogen and oxygen atoms in total. The molecule has 0 unspecified atom stereocenters. The van der Waals surface area contributed by atoms with E-state index in [1.165, 1.54) is 0 Å². The molecule has 1 amide bonds. The zero-order valence-electron chi connectivity index (χ0n) is 4.63. The van der Waals surface area contributed by atoms with Crippen molar-refractivity contribution in [1.82, 2.24) is 5.32 Å². The van der Waals surface area contributed by atoms with Crippen molar-refractivity contribution in [3.63, 3.8) is 0 Å². The fraction of sp³-hybridized carbons (Fsp3) is 0.167. The normalized spacial score (nSPS) is 9.00. The van der Waals surface area contributed by atoms with Gasteiger partial charge in [0.2, 0.25) is 6.41 Å². The second-order valence-corrected chi connectivity index (χ2v) is 1.19. The third-order valence-corrected chi connectivity index (χ3v) is 0.591. The molecule has 0 aromatic carbocycles. The van der Waals surface area contributed by atoms with Gasteiger partial charge in [-0.05, 0) is 0 Å². The summed E-state index contributed by atoms with van der Waals surface area (Å²) in [5.41, 5.74) is 0. The maximum absolute atomic E-state index is 9.60.